The molecule has 1 aromatic carbocycles. The van der Waals surface area contributed by atoms with Crippen molar-refractivity contribution in [2.45, 2.75) is 27.7 Å². The first-order chi connectivity index (χ1) is 10.9. The average molecular weight is 334 g/mol. The zero-order chi connectivity index (χ0) is 17.1. The molecule has 0 N–H and O–H groups in total. The number of rotatable bonds is 5. The van der Waals surface area contributed by atoms with Crippen molar-refractivity contribution >= 4 is 39.8 Å². The molecule has 23 heavy (non-hydrogen) atoms. The Labute approximate surface area is 140 Å². The van der Waals surface area contributed by atoms with Crippen LogP contribution in [0, 0.1) is 0 Å². The summed E-state index contributed by atoms with van der Waals surface area (Å²) in [5, 5.41) is 1.28. The second kappa shape index (κ2) is 7.01. The van der Waals surface area contributed by atoms with Crippen LogP contribution in [0.3, 0.4) is 0 Å². The number of allylic oxidation sites excluding steroid dienone is 1. The first kappa shape index (κ1) is 17.3. The summed E-state index contributed by atoms with van der Waals surface area (Å²) in [5.74, 6) is 0.0782. The molecule has 122 valence electrons. The molecule has 0 aliphatic heterocycles. The van der Waals surface area contributed by atoms with Crippen molar-refractivity contribution in [3.8, 4) is 0 Å². The third-order valence-electron chi connectivity index (χ3n) is 3.77. The fourth-order valence-corrected chi connectivity index (χ4v) is 2.70. The van der Waals surface area contributed by atoms with Crippen LogP contribution < -0.4 is 0 Å². The Morgan fingerprint density at radius 3 is 2.39 bits per heavy atom. The van der Waals surface area contributed by atoms with Crippen LogP contribution in [0.1, 0.15) is 43.8 Å². The largest absolute Gasteiger partial charge is 0.452 e. The van der Waals surface area contributed by atoms with Crippen molar-refractivity contribution in [2.24, 2.45) is 0 Å². The van der Waals surface area contributed by atoms with Gasteiger partial charge < -0.3 is 9.32 Å². The molecule has 0 aliphatic rings. The van der Waals surface area contributed by atoms with E-state index in [0.29, 0.717) is 23.7 Å². The molecule has 1 amide bonds. The van der Waals surface area contributed by atoms with Gasteiger partial charge >= 0.3 is 0 Å². The summed E-state index contributed by atoms with van der Waals surface area (Å²) in [6.45, 7) is 8.47. The number of Topliss-reactive ketones (excluding diaryl/α,β-unsaturated/α-hetero) is 1. The maximum atomic E-state index is 12.3. The molecule has 5 heteroatoms. The third kappa shape index (κ3) is 3.64. The minimum atomic E-state index is -0.149. The number of furan rings is 1. The molecule has 0 saturated carbocycles. The number of benzene rings is 1. The quantitative estimate of drug-likeness (QED) is 0.595. The van der Waals surface area contributed by atoms with Crippen LogP contribution >= 0.6 is 11.6 Å². The van der Waals surface area contributed by atoms with Crippen molar-refractivity contribution in [1.82, 2.24) is 4.90 Å². The zero-order valence-electron chi connectivity index (χ0n) is 13.8. The highest BCUT2D eigenvalue weighted by Gasteiger charge is 2.15. The van der Waals surface area contributed by atoms with E-state index in [4.69, 9.17) is 16.0 Å². The lowest BCUT2D eigenvalue weighted by Crippen LogP contribution is -2.28. The van der Waals surface area contributed by atoms with Crippen molar-refractivity contribution in [3.63, 3.8) is 0 Å². The topological polar surface area (TPSA) is 50.5 Å². The standard InChI is InChI=1S/C18H20ClNO3/c1-5-20(6-2)17(22)7-11(3)15-10-14(19)8-13-9-16(12(4)21)23-18(13)15/h7-10H,5-6H2,1-4H3/b11-7+. The molecule has 0 fully saturated rings. The number of amides is 1. The summed E-state index contributed by atoms with van der Waals surface area (Å²) in [6.07, 6.45) is 1.58. The van der Waals surface area contributed by atoms with Gasteiger partial charge in [-0.2, -0.15) is 0 Å². The Kier molecular flexibility index (Phi) is 5.26. The van der Waals surface area contributed by atoms with Crippen molar-refractivity contribution < 1.29 is 14.0 Å². The van der Waals surface area contributed by atoms with Gasteiger partial charge in [0.1, 0.15) is 5.58 Å². The maximum Gasteiger partial charge on any atom is 0.246 e. The third-order valence-corrected chi connectivity index (χ3v) is 3.99. The van der Waals surface area contributed by atoms with Gasteiger partial charge in [-0.3, -0.25) is 9.59 Å². The van der Waals surface area contributed by atoms with Crippen molar-refractivity contribution in [1.29, 1.82) is 0 Å². The summed E-state index contributed by atoms with van der Waals surface area (Å²) in [4.78, 5) is 25.5. The highest BCUT2D eigenvalue weighted by Crippen LogP contribution is 2.31. The van der Waals surface area contributed by atoms with E-state index >= 15 is 0 Å². The SMILES string of the molecule is CCN(CC)C(=O)/C=C(\C)c1cc(Cl)cc2cc(C(C)=O)oc12. The van der Waals surface area contributed by atoms with Gasteiger partial charge in [-0.05, 0) is 44.5 Å². The Morgan fingerprint density at radius 1 is 1.17 bits per heavy atom. The Balaban J connectivity index is 2.53. The van der Waals surface area contributed by atoms with Crippen LogP contribution in [0.4, 0.5) is 0 Å². The van der Waals surface area contributed by atoms with Crippen LogP contribution in [-0.4, -0.2) is 29.7 Å². The van der Waals surface area contributed by atoms with E-state index in [1.807, 2.05) is 20.8 Å². The van der Waals surface area contributed by atoms with E-state index in [9.17, 15) is 9.59 Å². The van der Waals surface area contributed by atoms with E-state index < -0.39 is 0 Å². The van der Waals surface area contributed by atoms with E-state index in [-0.39, 0.29) is 17.5 Å². The predicted molar refractivity (Wildman–Crippen MR) is 92.8 cm³/mol. The monoisotopic (exact) mass is 333 g/mol. The van der Waals surface area contributed by atoms with Gasteiger partial charge in [0.2, 0.25) is 5.91 Å². The second-order valence-electron chi connectivity index (χ2n) is 5.38. The number of fused-ring (bicyclic) bond motifs is 1. The maximum absolute atomic E-state index is 12.3. The number of halogens is 1. The summed E-state index contributed by atoms with van der Waals surface area (Å²) in [6, 6.07) is 5.17. The number of carbonyl (C=O) groups excluding carboxylic acids is 2. The lowest BCUT2D eigenvalue weighted by atomic mass is 10.0. The van der Waals surface area contributed by atoms with E-state index in [1.54, 1.807) is 29.2 Å². The van der Waals surface area contributed by atoms with Crippen molar-refractivity contribution in [3.05, 3.63) is 40.6 Å². The molecule has 0 bridgehead atoms. The summed E-state index contributed by atoms with van der Waals surface area (Å²) in [7, 11) is 0. The lowest BCUT2D eigenvalue weighted by Gasteiger charge is -2.16. The number of hydrogen-bond acceptors (Lipinski definition) is 3. The molecule has 1 aromatic heterocycles. The normalized spacial score (nSPS) is 11.8. The van der Waals surface area contributed by atoms with Gasteiger partial charge in [-0.15, -0.1) is 0 Å². The molecule has 0 aliphatic carbocycles. The van der Waals surface area contributed by atoms with Crippen LogP contribution in [0.15, 0.2) is 28.7 Å². The summed E-state index contributed by atoms with van der Waals surface area (Å²) >= 11 is 6.16. The average Bonchev–Trinajstić information content (AvgIpc) is 2.91. The number of carbonyl (C=O) groups is 2. The Bertz CT molecular complexity index is 785. The van der Waals surface area contributed by atoms with E-state index in [0.717, 1.165) is 16.5 Å². The minimum Gasteiger partial charge on any atom is -0.452 e. The number of ketones is 1. The van der Waals surface area contributed by atoms with Gasteiger partial charge in [0.05, 0.1) is 0 Å². The van der Waals surface area contributed by atoms with Crippen LogP contribution in [0.25, 0.3) is 16.5 Å². The molecule has 2 rings (SSSR count). The first-order valence-corrected chi connectivity index (χ1v) is 7.96. The molecule has 1 heterocycles. The summed E-state index contributed by atoms with van der Waals surface area (Å²) in [5.41, 5.74) is 2.04. The molecule has 2 aromatic rings. The van der Waals surface area contributed by atoms with Gasteiger partial charge in [-0.1, -0.05) is 11.6 Å². The van der Waals surface area contributed by atoms with E-state index in [2.05, 4.69) is 0 Å². The zero-order valence-corrected chi connectivity index (χ0v) is 14.5. The smallest absolute Gasteiger partial charge is 0.246 e. The molecular weight excluding hydrogens is 314 g/mol. The number of likely N-dealkylation sites (N-methyl/N-ethyl adjacent to an activating group) is 1. The van der Waals surface area contributed by atoms with Crippen LogP contribution in [0.2, 0.25) is 5.02 Å². The summed E-state index contributed by atoms with van der Waals surface area (Å²) < 4.78 is 5.66. The fraction of sp³-hybridized carbons (Fsp3) is 0.333. The Morgan fingerprint density at radius 2 is 1.83 bits per heavy atom. The van der Waals surface area contributed by atoms with Crippen LogP contribution in [-0.2, 0) is 4.79 Å². The fourth-order valence-electron chi connectivity index (χ4n) is 2.47. The van der Waals surface area contributed by atoms with Gasteiger partial charge in [-0.25, -0.2) is 0 Å². The second-order valence-corrected chi connectivity index (χ2v) is 5.81. The van der Waals surface area contributed by atoms with E-state index in [1.165, 1.54) is 6.92 Å². The minimum absolute atomic E-state index is 0.0565. The van der Waals surface area contributed by atoms with Crippen LogP contribution in [0.5, 0.6) is 0 Å². The highest BCUT2D eigenvalue weighted by atomic mass is 35.5. The van der Waals surface area contributed by atoms with Crippen molar-refractivity contribution in [2.75, 3.05) is 13.1 Å². The molecule has 4 nitrogen and oxygen atoms in total. The van der Waals surface area contributed by atoms with Gasteiger partial charge in [0.25, 0.3) is 0 Å². The van der Waals surface area contributed by atoms with Gasteiger partial charge in [0, 0.05) is 42.1 Å². The first-order valence-electron chi connectivity index (χ1n) is 7.59. The molecule has 0 saturated heterocycles. The molecule has 0 atom stereocenters. The molecule has 0 unspecified atom stereocenters. The Hall–Kier alpha value is -2.07. The predicted octanol–water partition coefficient (Wildman–Crippen LogP) is 4.56. The number of nitrogens with zero attached hydrogens (tertiary/aromatic N) is 1. The molecule has 0 radical (unpaired) electrons. The molecular formula is C18H20ClNO3. The highest BCUT2D eigenvalue weighted by molar-refractivity contribution is 6.31. The van der Waals surface area contributed by atoms with Gasteiger partial charge in [0.15, 0.2) is 11.5 Å². The lowest BCUT2D eigenvalue weighted by molar-refractivity contribution is -0.125. The molecule has 0 spiro atoms. The number of hydrogen-bond donors (Lipinski definition) is 0.